The van der Waals surface area contributed by atoms with E-state index in [1.165, 1.54) is 5.56 Å². The molecule has 2 amide bonds. The highest BCUT2D eigenvalue weighted by Crippen LogP contribution is 2.31. The van der Waals surface area contributed by atoms with Gasteiger partial charge >= 0.3 is 0 Å². The maximum Gasteiger partial charge on any atom is 0.254 e. The lowest BCUT2D eigenvalue weighted by molar-refractivity contribution is 0.0712. The van der Waals surface area contributed by atoms with E-state index in [9.17, 15) is 9.59 Å². The van der Waals surface area contributed by atoms with Crippen LogP contribution in [0.15, 0.2) is 36.4 Å². The third-order valence-corrected chi connectivity index (χ3v) is 6.33. The second-order valence-electron chi connectivity index (χ2n) is 8.19. The van der Waals surface area contributed by atoms with E-state index in [2.05, 4.69) is 11.0 Å². The minimum Gasteiger partial charge on any atom is -0.371 e. The number of rotatable bonds is 4. The van der Waals surface area contributed by atoms with E-state index in [-0.39, 0.29) is 5.91 Å². The fourth-order valence-corrected chi connectivity index (χ4v) is 4.36. The quantitative estimate of drug-likeness (QED) is 0.850. The molecule has 0 atom stereocenters. The molecular weight excluding hydrogens is 376 g/mol. The molecule has 2 aliphatic heterocycles. The van der Waals surface area contributed by atoms with Gasteiger partial charge in [0.2, 0.25) is 0 Å². The highest BCUT2D eigenvalue weighted by atomic mass is 16.2. The Kier molecular flexibility index (Phi) is 5.45. The zero-order chi connectivity index (χ0) is 21.3. The Bertz CT molecular complexity index is 1010. The molecule has 6 heteroatoms. The summed E-state index contributed by atoms with van der Waals surface area (Å²) in [6, 6.07) is 13.5. The van der Waals surface area contributed by atoms with Crippen molar-refractivity contribution in [1.29, 1.82) is 5.26 Å². The molecule has 154 valence electrons. The minimum atomic E-state index is -0.495. The van der Waals surface area contributed by atoms with Crippen LogP contribution in [0.1, 0.15) is 62.6 Å². The van der Waals surface area contributed by atoms with Crippen LogP contribution in [0.2, 0.25) is 0 Å². The normalized spacial score (nSPS) is 16.7. The van der Waals surface area contributed by atoms with Gasteiger partial charge < -0.3 is 15.5 Å². The summed E-state index contributed by atoms with van der Waals surface area (Å²) in [6.45, 7) is 5.09. The number of nitrogens with two attached hydrogens (primary N) is 1. The highest BCUT2D eigenvalue weighted by molar-refractivity contribution is 6.04. The number of piperidine rings is 1. The smallest absolute Gasteiger partial charge is 0.254 e. The number of nitriles is 1. The molecule has 0 bridgehead atoms. The summed E-state index contributed by atoms with van der Waals surface area (Å²) in [5.74, 6) is -0.147. The number of likely N-dealkylation sites (tertiary alicyclic amines) is 1. The largest absolute Gasteiger partial charge is 0.371 e. The molecule has 2 aromatic rings. The molecule has 0 radical (unpaired) electrons. The first-order chi connectivity index (χ1) is 14.5. The van der Waals surface area contributed by atoms with Crippen LogP contribution < -0.4 is 10.6 Å². The lowest BCUT2D eigenvalue weighted by Crippen LogP contribution is -2.40. The molecule has 0 spiro atoms. The lowest BCUT2D eigenvalue weighted by atomic mass is 9.88. The van der Waals surface area contributed by atoms with Gasteiger partial charge in [0.05, 0.1) is 17.2 Å². The Morgan fingerprint density at radius 2 is 1.70 bits per heavy atom. The summed E-state index contributed by atoms with van der Waals surface area (Å²) < 4.78 is 0. The number of hydrogen-bond donors (Lipinski definition) is 1. The van der Waals surface area contributed by atoms with Crippen LogP contribution in [-0.4, -0.2) is 42.9 Å². The molecule has 4 rings (SSSR count). The van der Waals surface area contributed by atoms with E-state index >= 15 is 0 Å². The molecule has 30 heavy (non-hydrogen) atoms. The Morgan fingerprint density at radius 1 is 1.03 bits per heavy atom. The van der Waals surface area contributed by atoms with E-state index in [4.69, 9.17) is 11.0 Å². The molecule has 6 nitrogen and oxygen atoms in total. The van der Waals surface area contributed by atoms with Gasteiger partial charge in [-0.25, -0.2) is 0 Å². The number of carbonyl (C=O) groups excluding carboxylic acids is 2. The van der Waals surface area contributed by atoms with Crippen molar-refractivity contribution in [2.45, 2.75) is 32.1 Å². The lowest BCUT2D eigenvalue weighted by Gasteiger charge is -2.35. The van der Waals surface area contributed by atoms with E-state index < -0.39 is 5.91 Å². The standard InChI is InChI=1S/C24H26N4O2/c1-16-13-22(27-9-2-10-27)21(23(26)29)14-20(16)24(30)28-11-7-19(8-12-28)18-5-3-17(15-25)4-6-18/h3-6,13-14,19H,2,7-12H2,1H3,(H2,26,29). The summed E-state index contributed by atoms with van der Waals surface area (Å²) in [5.41, 5.74) is 10.2. The summed E-state index contributed by atoms with van der Waals surface area (Å²) in [6.07, 6.45) is 2.86. The maximum absolute atomic E-state index is 13.2. The number of carbonyl (C=O) groups is 2. The van der Waals surface area contributed by atoms with Crippen LogP contribution in [0.4, 0.5) is 5.69 Å². The van der Waals surface area contributed by atoms with Crippen molar-refractivity contribution < 1.29 is 9.59 Å². The van der Waals surface area contributed by atoms with Gasteiger partial charge in [0.15, 0.2) is 0 Å². The highest BCUT2D eigenvalue weighted by Gasteiger charge is 2.28. The molecule has 2 aliphatic rings. The van der Waals surface area contributed by atoms with Gasteiger partial charge in [-0.2, -0.15) is 5.26 Å². The van der Waals surface area contributed by atoms with Crippen molar-refractivity contribution in [3.63, 3.8) is 0 Å². The van der Waals surface area contributed by atoms with Crippen LogP contribution >= 0.6 is 0 Å². The summed E-state index contributed by atoms with van der Waals surface area (Å²) in [5, 5.41) is 8.96. The minimum absolute atomic E-state index is 0.0385. The van der Waals surface area contributed by atoms with Gasteiger partial charge in [-0.3, -0.25) is 9.59 Å². The molecule has 2 fully saturated rings. The first-order valence-corrected chi connectivity index (χ1v) is 10.5. The number of primary amides is 1. The molecule has 2 aromatic carbocycles. The summed E-state index contributed by atoms with van der Waals surface area (Å²) >= 11 is 0. The predicted octanol–water partition coefficient (Wildman–Crippen LogP) is 3.20. The first-order valence-electron chi connectivity index (χ1n) is 10.5. The number of hydrogen-bond acceptors (Lipinski definition) is 4. The number of amides is 2. The van der Waals surface area contributed by atoms with Crippen molar-refractivity contribution in [3.8, 4) is 6.07 Å². The third kappa shape index (κ3) is 3.76. The molecule has 2 heterocycles. The monoisotopic (exact) mass is 402 g/mol. The topological polar surface area (TPSA) is 90.4 Å². The SMILES string of the molecule is Cc1cc(N2CCC2)c(C(N)=O)cc1C(=O)N1CCC(c2ccc(C#N)cc2)CC1. The van der Waals surface area contributed by atoms with Crippen molar-refractivity contribution in [2.24, 2.45) is 5.73 Å². The van der Waals surface area contributed by atoms with Gasteiger partial charge in [-0.1, -0.05) is 12.1 Å². The van der Waals surface area contributed by atoms with E-state index in [1.807, 2.05) is 42.2 Å². The van der Waals surface area contributed by atoms with Crippen molar-refractivity contribution in [3.05, 3.63) is 64.2 Å². The molecule has 2 N–H and O–H groups in total. The number of benzene rings is 2. The fourth-order valence-electron chi connectivity index (χ4n) is 4.36. The number of nitrogens with zero attached hydrogens (tertiary/aromatic N) is 3. The zero-order valence-electron chi connectivity index (χ0n) is 17.2. The maximum atomic E-state index is 13.2. The van der Waals surface area contributed by atoms with Crippen LogP contribution in [0.3, 0.4) is 0 Å². The second kappa shape index (κ2) is 8.19. The van der Waals surface area contributed by atoms with E-state index in [0.29, 0.717) is 35.7 Å². The Balaban J connectivity index is 1.49. The molecule has 0 aliphatic carbocycles. The first kappa shape index (κ1) is 20.0. The predicted molar refractivity (Wildman–Crippen MR) is 116 cm³/mol. The summed E-state index contributed by atoms with van der Waals surface area (Å²) in [7, 11) is 0. The van der Waals surface area contributed by atoms with E-state index in [0.717, 1.165) is 43.6 Å². The fraction of sp³-hybridized carbons (Fsp3) is 0.375. The van der Waals surface area contributed by atoms with Gasteiger partial charge in [0.25, 0.3) is 11.8 Å². The van der Waals surface area contributed by atoms with Crippen LogP contribution in [0, 0.1) is 18.3 Å². The summed E-state index contributed by atoms with van der Waals surface area (Å²) in [4.78, 5) is 29.2. The zero-order valence-corrected chi connectivity index (χ0v) is 17.2. The molecule has 2 saturated heterocycles. The Labute approximate surface area is 176 Å². The average Bonchev–Trinajstić information content (AvgIpc) is 2.72. The van der Waals surface area contributed by atoms with E-state index in [1.54, 1.807) is 6.07 Å². The molecule has 0 unspecified atom stereocenters. The molecule has 0 aromatic heterocycles. The Morgan fingerprint density at radius 3 is 2.23 bits per heavy atom. The number of aryl methyl sites for hydroxylation is 1. The molecular formula is C24H26N4O2. The van der Waals surface area contributed by atoms with Crippen molar-refractivity contribution in [1.82, 2.24) is 4.90 Å². The van der Waals surface area contributed by atoms with Crippen LogP contribution in [-0.2, 0) is 0 Å². The third-order valence-electron chi connectivity index (χ3n) is 6.33. The average molecular weight is 402 g/mol. The van der Waals surface area contributed by atoms with Crippen molar-refractivity contribution >= 4 is 17.5 Å². The van der Waals surface area contributed by atoms with Crippen molar-refractivity contribution in [2.75, 3.05) is 31.1 Å². The van der Waals surface area contributed by atoms with Gasteiger partial charge in [-0.15, -0.1) is 0 Å². The van der Waals surface area contributed by atoms with Crippen LogP contribution in [0.25, 0.3) is 0 Å². The van der Waals surface area contributed by atoms with Crippen LogP contribution in [0.5, 0.6) is 0 Å². The molecule has 0 saturated carbocycles. The number of anilines is 1. The van der Waals surface area contributed by atoms with Gasteiger partial charge in [0.1, 0.15) is 0 Å². The Hall–Kier alpha value is -3.33. The van der Waals surface area contributed by atoms with Gasteiger partial charge in [-0.05, 0) is 67.5 Å². The van der Waals surface area contributed by atoms with Gasteiger partial charge in [0, 0.05) is 37.4 Å². The second-order valence-corrected chi connectivity index (χ2v) is 8.19.